The van der Waals surface area contributed by atoms with E-state index in [4.69, 9.17) is 9.15 Å². The smallest absolute Gasteiger partial charge is 0.322 e. The minimum atomic E-state index is -1.68. The van der Waals surface area contributed by atoms with Gasteiger partial charge in [0.15, 0.2) is 11.1 Å². The van der Waals surface area contributed by atoms with Gasteiger partial charge in [-0.2, -0.15) is 0 Å². The van der Waals surface area contributed by atoms with E-state index in [9.17, 15) is 24.3 Å². The number of rotatable bonds is 5. The number of ether oxygens (including phenoxy) is 1. The van der Waals surface area contributed by atoms with Gasteiger partial charge in [0, 0.05) is 18.2 Å². The minimum Gasteiger partial charge on any atom is -0.497 e. The minimum absolute atomic E-state index is 0.0177. The van der Waals surface area contributed by atoms with Gasteiger partial charge in [0.2, 0.25) is 5.91 Å². The summed E-state index contributed by atoms with van der Waals surface area (Å²) in [5.74, 6) is -0.246. The van der Waals surface area contributed by atoms with Gasteiger partial charge in [-0.25, -0.2) is 9.78 Å². The van der Waals surface area contributed by atoms with Crippen LogP contribution in [0.3, 0.4) is 0 Å². The van der Waals surface area contributed by atoms with Crippen molar-refractivity contribution < 1.29 is 33.4 Å². The van der Waals surface area contributed by atoms with Gasteiger partial charge in [0.05, 0.1) is 32.7 Å². The van der Waals surface area contributed by atoms with Crippen LogP contribution in [0.15, 0.2) is 40.8 Å². The van der Waals surface area contributed by atoms with Gasteiger partial charge in [-0.3, -0.25) is 24.6 Å². The summed E-state index contributed by atoms with van der Waals surface area (Å²) in [6.45, 7) is 0.196. The molecule has 0 bridgehead atoms. The molecule has 3 aromatic rings. The van der Waals surface area contributed by atoms with E-state index in [2.05, 4.69) is 15.6 Å². The molecule has 5 heterocycles. The van der Waals surface area contributed by atoms with E-state index >= 15 is 0 Å². The van der Waals surface area contributed by atoms with Crippen LogP contribution >= 0.6 is 0 Å². The lowest BCUT2D eigenvalue weighted by Gasteiger charge is -2.28. The first kappa shape index (κ1) is 22.0. The van der Waals surface area contributed by atoms with Crippen LogP contribution in [0.4, 0.5) is 10.6 Å². The maximum atomic E-state index is 13.2. The number of anilines is 1. The van der Waals surface area contributed by atoms with Crippen LogP contribution in [0, 0.1) is 0 Å². The molecule has 3 aliphatic rings. The molecule has 0 saturated carbocycles. The van der Waals surface area contributed by atoms with Crippen molar-refractivity contribution in [3.05, 3.63) is 53.3 Å². The highest BCUT2D eigenvalue weighted by molar-refractivity contribution is 6.08. The van der Waals surface area contributed by atoms with Crippen LogP contribution in [0.5, 0.6) is 5.75 Å². The van der Waals surface area contributed by atoms with Crippen LogP contribution in [0.2, 0.25) is 0 Å². The monoisotopic (exact) mass is 491 g/mol. The molecule has 1 aromatic carbocycles. The zero-order valence-electron chi connectivity index (χ0n) is 19.1. The number of pyridine rings is 1. The Labute approximate surface area is 203 Å². The number of benzene rings is 1. The van der Waals surface area contributed by atoms with Crippen LogP contribution in [0.1, 0.15) is 28.1 Å². The largest absolute Gasteiger partial charge is 0.497 e. The Morgan fingerprint density at radius 2 is 2.03 bits per heavy atom. The number of furan rings is 1. The first-order chi connectivity index (χ1) is 17.3. The maximum absolute atomic E-state index is 13.2. The fourth-order valence-corrected chi connectivity index (χ4v) is 4.92. The Balaban J connectivity index is 1.36. The van der Waals surface area contributed by atoms with Crippen molar-refractivity contribution in [3.63, 3.8) is 0 Å². The van der Waals surface area contributed by atoms with Crippen molar-refractivity contribution in [2.45, 2.75) is 24.6 Å². The number of aliphatic hydroxyl groups excluding tert-OH is 1. The number of urea groups is 1. The van der Waals surface area contributed by atoms with E-state index in [1.165, 1.54) is 23.0 Å². The molecule has 12 nitrogen and oxygen atoms in total. The number of amides is 5. The predicted molar refractivity (Wildman–Crippen MR) is 123 cm³/mol. The second-order valence-electron chi connectivity index (χ2n) is 9.02. The van der Waals surface area contributed by atoms with Gasteiger partial charge in [-0.1, -0.05) is 6.07 Å². The van der Waals surface area contributed by atoms with Gasteiger partial charge in [-0.15, -0.1) is 0 Å². The zero-order chi connectivity index (χ0) is 25.2. The molecular weight excluding hydrogens is 470 g/mol. The summed E-state index contributed by atoms with van der Waals surface area (Å²) in [6, 6.07) is 9.16. The van der Waals surface area contributed by atoms with Gasteiger partial charge in [0.1, 0.15) is 22.8 Å². The average Bonchev–Trinajstić information content (AvgIpc) is 3.58. The highest BCUT2D eigenvalue weighted by Crippen LogP contribution is 2.35. The number of imide groups is 1. The average molecular weight is 491 g/mol. The normalized spacial score (nSPS) is 23.4. The molecular formula is C24H21N5O7. The lowest BCUT2D eigenvalue weighted by molar-refractivity contribution is -0.125. The van der Waals surface area contributed by atoms with Gasteiger partial charge in [-0.05, 0) is 29.8 Å². The summed E-state index contributed by atoms with van der Waals surface area (Å²) in [6.07, 6.45) is -0.748. The first-order valence-corrected chi connectivity index (χ1v) is 11.3. The van der Waals surface area contributed by atoms with Crippen LogP contribution in [0.25, 0.3) is 11.1 Å². The van der Waals surface area contributed by atoms with E-state index in [1.54, 1.807) is 30.3 Å². The molecule has 2 atom stereocenters. The second kappa shape index (κ2) is 7.78. The number of aromatic nitrogens is 1. The van der Waals surface area contributed by atoms with E-state index < -0.39 is 23.6 Å². The number of hydrogen-bond donors (Lipinski definition) is 3. The summed E-state index contributed by atoms with van der Waals surface area (Å²) < 4.78 is 11.2. The molecule has 2 fully saturated rings. The summed E-state index contributed by atoms with van der Waals surface area (Å²) in [4.78, 5) is 58.0. The van der Waals surface area contributed by atoms with Gasteiger partial charge < -0.3 is 24.5 Å². The molecule has 6 rings (SSSR count). The lowest BCUT2D eigenvalue weighted by atomic mass is 9.95. The Morgan fingerprint density at radius 3 is 2.72 bits per heavy atom. The molecule has 0 aliphatic carbocycles. The molecule has 2 aromatic heterocycles. The van der Waals surface area contributed by atoms with Crippen molar-refractivity contribution in [1.29, 1.82) is 0 Å². The van der Waals surface area contributed by atoms with Crippen LogP contribution in [-0.2, 0) is 21.7 Å². The summed E-state index contributed by atoms with van der Waals surface area (Å²) in [5, 5.41) is 14.7. The Bertz CT molecular complexity index is 1470. The Morgan fingerprint density at radius 1 is 1.19 bits per heavy atom. The summed E-state index contributed by atoms with van der Waals surface area (Å²) >= 11 is 0. The number of carbonyl (C=O) groups is 4. The molecule has 0 radical (unpaired) electrons. The van der Waals surface area contributed by atoms with Crippen molar-refractivity contribution in [2.24, 2.45) is 0 Å². The fourth-order valence-electron chi connectivity index (χ4n) is 4.92. The molecule has 3 aliphatic heterocycles. The molecule has 3 N–H and O–H groups in total. The van der Waals surface area contributed by atoms with Crippen LogP contribution in [-0.4, -0.2) is 65.0 Å². The number of aliphatic hydroxyl groups is 1. The molecule has 0 spiro atoms. The molecule has 5 amide bonds. The Hall–Kier alpha value is -4.45. The van der Waals surface area contributed by atoms with E-state index in [0.717, 1.165) is 5.56 Å². The quantitative estimate of drug-likeness (QED) is 0.439. The fraction of sp³-hybridized carbons (Fsp3) is 0.292. The highest BCUT2D eigenvalue weighted by atomic mass is 16.5. The molecule has 12 heteroatoms. The number of hydrogen-bond acceptors (Lipinski definition) is 8. The predicted octanol–water partition coefficient (Wildman–Crippen LogP) is 0.625. The van der Waals surface area contributed by atoms with Gasteiger partial charge >= 0.3 is 6.03 Å². The van der Waals surface area contributed by atoms with Crippen molar-refractivity contribution >= 4 is 40.7 Å². The first-order valence-electron chi connectivity index (χ1n) is 11.3. The standard InChI is InChI=1S/C24H21N5O7/c1-35-14-3-2-12-9-28(21(32)15(12)7-14)11-24(22(33)26-23(34)27-24)18-8-16-17(36-18)4-5-19(25-16)29-10-13(30)6-20(29)31/h2-5,7-8,13,30H,6,9-11H2,1H3,(H2,26,27,33,34)/t13-,24-/m0/s1. The maximum Gasteiger partial charge on any atom is 0.322 e. The van der Waals surface area contributed by atoms with E-state index in [0.29, 0.717) is 28.2 Å². The summed E-state index contributed by atoms with van der Waals surface area (Å²) in [5.41, 5.74) is 0.233. The molecule has 36 heavy (non-hydrogen) atoms. The SMILES string of the molecule is COc1ccc2c(c1)C(=O)N(C[C@@]1(c3cc4nc(N5C[C@@H](O)CC5=O)ccc4o3)NC(=O)NC1=O)C2. The third kappa shape index (κ3) is 3.29. The molecule has 2 saturated heterocycles. The van der Waals surface area contributed by atoms with Crippen molar-refractivity contribution in [1.82, 2.24) is 20.5 Å². The zero-order valence-corrected chi connectivity index (χ0v) is 19.1. The van der Waals surface area contributed by atoms with Crippen molar-refractivity contribution in [3.8, 4) is 5.75 Å². The second-order valence-corrected chi connectivity index (χ2v) is 9.02. The molecule has 184 valence electrons. The van der Waals surface area contributed by atoms with Gasteiger partial charge in [0.25, 0.3) is 11.8 Å². The number of β-amino-alcohol motifs (C(OH)–C–C–N with tert-alkyl or cyclic N) is 1. The van der Waals surface area contributed by atoms with Crippen molar-refractivity contribution in [2.75, 3.05) is 25.1 Å². The number of fused-ring (bicyclic) bond motifs is 2. The topological polar surface area (TPSA) is 154 Å². The highest BCUT2D eigenvalue weighted by Gasteiger charge is 2.53. The lowest BCUT2D eigenvalue weighted by Crippen LogP contribution is -2.52. The number of methoxy groups -OCH3 is 1. The number of nitrogens with zero attached hydrogens (tertiary/aromatic N) is 3. The number of carbonyl (C=O) groups excluding carboxylic acids is 4. The van der Waals surface area contributed by atoms with E-state index in [1.807, 2.05) is 0 Å². The van der Waals surface area contributed by atoms with E-state index in [-0.39, 0.29) is 43.6 Å². The Kier molecular flexibility index (Phi) is 4.76. The molecule has 0 unspecified atom stereocenters. The number of nitrogens with one attached hydrogen (secondary N) is 2. The van der Waals surface area contributed by atoms with Crippen LogP contribution < -0.4 is 20.3 Å². The third-order valence-electron chi connectivity index (χ3n) is 6.73. The summed E-state index contributed by atoms with van der Waals surface area (Å²) in [7, 11) is 1.51. The third-order valence-corrected chi connectivity index (χ3v) is 6.73.